The van der Waals surface area contributed by atoms with E-state index in [0.717, 1.165) is 51.4 Å². The Balaban J connectivity index is 1.85. The standard InChI is InChI=1S/C21H29N3O4/c1-21(2,3)28-20(25)16(13-22)19-23-17(26-14-8-4-5-9-14)12-18(24-19)27-15-10-6-7-11-15/h12,14-16H,4-11H2,1-3H3. The van der Waals surface area contributed by atoms with Crippen LogP contribution in [-0.2, 0) is 9.53 Å². The van der Waals surface area contributed by atoms with Crippen molar-refractivity contribution in [2.24, 2.45) is 0 Å². The predicted octanol–water partition coefficient (Wildman–Crippen LogP) is 4.07. The van der Waals surface area contributed by atoms with Gasteiger partial charge in [-0.05, 0) is 72.1 Å². The van der Waals surface area contributed by atoms with Gasteiger partial charge in [0.2, 0.25) is 17.7 Å². The third-order valence-corrected chi connectivity index (χ3v) is 4.91. The summed E-state index contributed by atoms with van der Waals surface area (Å²) in [5.74, 6) is -1.11. The monoisotopic (exact) mass is 387 g/mol. The molecule has 0 saturated heterocycles. The van der Waals surface area contributed by atoms with E-state index in [1.165, 1.54) is 0 Å². The van der Waals surface area contributed by atoms with E-state index < -0.39 is 17.5 Å². The average Bonchev–Trinajstić information content (AvgIpc) is 3.28. The van der Waals surface area contributed by atoms with Crippen LogP contribution >= 0.6 is 0 Å². The van der Waals surface area contributed by atoms with Gasteiger partial charge in [0.05, 0.1) is 12.1 Å². The molecule has 0 aliphatic heterocycles. The fraction of sp³-hybridized carbons (Fsp3) is 0.714. The molecule has 2 fully saturated rings. The Morgan fingerprint density at radius 3 is 1.89 bits per heavy atom. The van der Waals surface area contributed by atoms with Crippen molar-refractivity contribution in [3.8, 4) is 17.8 Å². The lowest BCUT2D eigenvalue weighted by Crippen LogP contribution is -2.28. The second kappa shape index (κ2) is 8.76. The lowest BCUT2D eigenvalue weighted by Gasteiger charge is -2.21. The second-order valence-electron chi connectivity index (χ2n) is 8.55. The first-order chi connectivity index (χ1) is 13.3. The number of carbonyl (C=O) groups excluding carboxylic acids is 1. The van der Waals surface area contributed by atoms with Crippen molar-refractivity contribution >= 4 is 5.97 Å². The fourth-order valence-electron chi connectivity index (χ4n) is 3.60. The van der Waals surface area contributed by atoms with Crippen LogP contribution in [0.4, 0.5) is 0 Å². The second-order valence-corrected chi connectivity index (χ2v) is 8.55. The molecule has 7 nitrogen and oxygen atoms in total. The van der Waals surface area contributed by atoms with E-state index in [4.69, 9.17) is 14.2 Å². The molecule has 2 saturated carbocycles. The van der Waals surface area contributed by atoms with Gasteiger partial charge in [0, 0.05) is 0 Å². The first kappa shape index (κ1) is 20.4. The van der Waals surface area contributed by atoms with E-state index in [-0.39, 0.29) is 18.0 Å². The zero-order valence-corrected chi connectivity index (χ0v) is 16.9. The van der Waals surface area contributed by atoms with E-state index in [1.807, 2.05) is 6.07 Å². The molecule has 7 heteroatoms. The van der Waals surface area contributed by atoms with E-state index in [9.17, 15) is 10.1 Å². The van der Waals surface area contributed by atoms with Crippen LogP contribution in [0, 0.1) is 11.3 Å². The summed E-state index contributed by atoms with van der Waals surface area (Å²) in [6, 6.07) is 3.64. The molecule has 0 bridgehead atoms. The lowest BCUT2D eigenvalue weighted by atomic mass is 10.1. The van der Waals surface area contributed by atoms with E-state index in [1.54, 1.807) is 26.8 Å². The molecule has 0 amide bonds. The van der Waals surface area contributed by atoms with Crippen LogP contribution in [-0.4, -0.2) is 33.7 Å². The van der Waals surface area contributed by atoms with Crippen LogP contribution in [0.1, 0.15) is 83.9 Å². The molecule has 1 atom stereocenters. The Labute approximate surface area is 166 Å². The quantitative estimate of drug-likeness (QED) is 0.679. The predicted molar refractivity (Wildman–Crippen MR) is 102 cm³/mol. The van der Waals surface area contributed by atoms with Gasteiger partial charge in [0.1, 0.15) is 17.8 Å². The molecule has 0 radical (unpaired) electrons. The highest BCUT2D eigenvalue weighted by atomic mass is 16.6. The van der Waals surface area contributed by atoms with Crippen molar-refractivity contribution in [2.75, 3.05) is 0 Å². The largest absolute Gasteiger partial charge is 0.474 e. The summed E-state index contributed by atoms with van der Waals surface area (Å²) in [7, 11) is 0. The number of aromatic nitrogens is 2. The molecule has 152 valence electrons. The van der Waals surface area contributed by atoms with Crippen LogP contribution in [0.25, 0.3) is 0 Å². The Kier molecular flexibility index (Phi) is 6.38. The summed E-state index contributed by atoms with van der Waals surface area (Å²) in [6.07, 6.45) is 8.64. The summed E-state index contributed by atoms with van der Waals surface area (Å²) in [4.78, 5) is 21.2. The first-order valence-corrected chi connectivity index (χ1v) is 10.2. The number of nitriles is 1. The van der Waals surface area contributed by atoms with Crippen LogP contribution in [0.5, 0.6) is 11.8 Å². The lowest BCUT2D eigenvalue weighted by molar-refractivity contribution is -0.155. The molecule has 2 aliphatic rings. The molecule has 1 unspecified atom stereocenters. The highest BCUT2D eigenvalue weighted by molar-refractivity contribution is 5.80. The molecule has 1 aromatic heterocycles. The SMILES string of the molecule is CC(C)(C)OC(=O)C(C#N)c1nc(OC2CCCC2)cc(OC2CCCC2)n1. The molecular weight excluding hydrogens is 358 g/mol. The minimum Gasteiger partial charge on any atom is -0.474 e. The van der Waals surface area contributed by atoms with Crippen molar-refractivity contribution in [2.45, 2.75) is 95.9 Å². The number of hydrogen-bond donors (Lipinski definition) is 0. The summed E-state index contributed by atoms with van der Waals surface area (Å²) in [5, 5.41) is 9.58. The van der Waals surface area contributed by atoms with Gasteiger partial charge in [-0.25, -0.2) is 0 Å². The zero-order chi connectivity index (χ0) is 20.1. The number of esters is 1. The molecule has 28 heavy (non-hydrogen) atoms. The van der Waals surface area contributed by atoms with Crippen LogP contribution in [0.2, 0.25) is 0 Å². The molecule has 2 aliphatic carbocycles. The van der Waals surface area contributed by atoms with Gasteiger partial charge in [0.25, 0.3) is 0 Å². The summed E-state index contributed by atoms with van der Waals surface area (Å²) in [5.41, 5.74) is -0.701. The number of hydrogen-bond acceptors (Lipinski definition) is 7. The Hall–Kier alpha value is -2.36. The van der Waals surface area contributed by atoms with E-state index in [0.29, 0.717) is 11.8 Å². The summed E-state index contributed by atoms with van der Waals surface area (Å²) in [6.45, 7) is 5.28. The van der Waals surface area contributed by atoms with Crippen LogP contribution in [0.15, 0.2) is 6.07 Å². The number of ether oxygens (including phenoxy) is 3. The molecule has 1 heterocycles. The van der Waals surface area contributed by atoms with Gasteiger partial charge in [0.15, 0.2) is 5.82 Å². The minimum atomic E-state index is -1.22. The highest BCUT2D eigenvalue weighted by Gasteiger charge is 2.31. The summed E-state index contributed by atoms with van der Waals surface area (Å²) >= 11 is 0. The number of carbonyl (C=O) groups is 1. The molecule has 1 aromatic rings. The molecule has 0 spiro atoms. The van der Waals surface area contributed by atoms with Crippen molar-refractivity contribution in [3.05, 3.63) is 11.9 Å². The molecular formula is C21H29N3O4. The third kappa shape index (κ3) is 5.57. The van der Waals surface area contributed by atoms with Crippen LogP contribution < -0.4 is 9.47 Å². The maximum atomic E-state index is 12.5. The number of rotatable bonds is 6. The summed E-state index contributed by atoms with van der Waals surface area (Å²) < 4.78 is 17.4. The smallest absolute Gasteiger partial charge is 0.331 e. The normalized spacial score (nSPS) is 19.2. The average molecular weight is 387 g/mol. The van der Waals surface area contributed by atoms with Gasteiger partial charge in [-0.3, -0.25) is 4.79 Å². The maximum absolute atomic E-state index is 12.5. The maximum Gasteiger partial charge on any atom is 0.331 e. The van der Waals surface area contributed by atoms with Crippen molar-refractivity contribution < 1.29 is 19.0 Å². The van der Waals surface area contributed by atoms with Crippen LogP contribution in [0.3, 0.4) is 0 Å². The topological polar surface area (TPSA) is 94.3 Å². The Bertz CT molecular complexity index is 690. The van der Waals surface area contributed by atoms with Gasteiger partial charge in [-0.1, -0.05) is 0 Å². The van der Waals surface area contributed by atoms with Gasteiger partial charge < -0.3 is 14.2 Å². The highest BCUT2D eigenvalue weighted by Crippen LogP contribution is 2.29. The van der Waals surface area contributed by atoms with Crippen molar-refractivity contribution in [1.29, 1.82) is 5.26 Å². The molecule has 0 N–H and O–H groups in total. The Morgan fingerprint density at radius 2 is 1.50 bits per heavy atom. The first-order valence-electron chi connectivity index (χ1n) is 10.2. The van der Waals surface area contributed by atoms with Crippen molar-refractivity contribution in [1.82, 2.24) is 9.97 Å². The van der Waals surface area contributed by atoms with Crippen molar-refractivity contribution in [3.63, 3.8) is 0 Å². The third-order valence-electron chi connectivity index (χ3n) is 4.91. The van der Waals surface area contributed by atoms with E-state index in [2.05, 4.69) is 9.97 Å². The number of nitrogens with zero attached hydrogens (tertiary/aromatic N) is 3. The molecule has 0 aromatic carbocycles. The molecule has 3 rings (SSSR count). The zero-order valence-electron chi connectivity index (χ0n) is 16.9. The minimum absolute atomic E-state index is 0.0697. The fourth-order valence-corrected chi connectivity index (χ4v) is 3.60. The van der Waals surface area contributed by atoms with Gasteiger partial charge in [-0.15, -0.1) is 0 Å². The van der Waals surface area contributed by atoms with Gasteiger partial charge in [-0.2, -0.15) is 15.2 Å². The Morgan fingerprint density at radius 1 is 1.04 bits per heavy atom. The van der Waals surface area contributed by atoms with Gasteiger partial charge >= 0.3 is 5.97 Å². The van der Waals surface area contributed by atoms with E-state index >= 15 is 0 Å².